The molecule has 0 saturated heterocycles. The van der Waals surface area contributed by atoms with Gasteiger partial charge < -0.3 is 34.0 Å². The molecular weight excluding hydrogens is 589 g/mol. The van der Waals surface area contributed by atoms with Gasteiger partial charge in [0.1, 0.15) is 0 Å². The Kier molecular flexibility index (Phi) is 122. The first-order valence-corrected chi connectivity index (χ1v) is 9.17. The van der Waals surface area contributed by atoms with E-state index in [-0.39, 0.29) is 61.9 Å². The molecule has 6 nitrogen and oxygen atoms in total. The first-order valence-electron chi connectivity index (χ1n) is 6.36. The molecule has 23 heavy (non-hydrogen) atoms. The topological polar surface area (TPSA) is 132 Å². The van der Waals surface area contributed by atoms with E-state index < -0.39 is 0 Å². The van der Waals surface area contributed by atoms with Crippen LogP contribution in [-0.2, 0) is 18.8 Å². The summed E-state index contributed by atoms with van der Waals surface area (Å²) in [7, 11) is 4.61. The molecule has 0 bridgehead atoms. The summed E-state index contributed by atoms with van der Waals surface area (Å²) in [4.78, 5) is 0. The van der Waals surface area contributed by atoms with Crippen molar-refractivity contribution < 1.29 is 18.8 Å². The minimum absolute atomic E-state index is 0. The number of nitrogens with one attached hydrogen (secondary N) is 3. The number of halogens is 5. The first kappa shape index (κ1) is 49.8. The van der Waals surface area contributed by atoms with Crippen LogP contribution in [0.2, 0.25) is 0 Å². The van der Waals surface area contributed by atoms with Crippen LogP contribution in [0, 0.1) is 0 Å². The normalized spacial score (nSPS) is 7.35. The van der Waals surface area contributed by atoms with Crippen LogP contribution in [0.3, 0.4) is 0 Å². The molecule has 0 aromatic rings. The fourth-order valence-electron chi connectivity index (χ4n) is 1.33. The summed E-state index contributed by atoms with van der Waals surface area (Å²) in [5, 5.41) is 10.1. The van der Waals surface area contributed by atoms with Gasteiger partial charge in [-0.05, 0) is 65.1 Å². The van der Waals surface area contributed by atoms with Crippen molar-refractivity contribution in [1.29, 1.82) is 0 Å². The average Bonchev–Trinajstić information content (AvgIpc) is 2.38. The molecular formula is C11H38Cl5N6Pt+. The van der Waals surface area contributed by atoms with Gasteiger partial charge in [0, 0.05) is 0 Å². The average molecular weight is 627 g/mol. The van der Waals surface area contributed by atoms with E-state index in [1.165, 1.54) is 12.8 Å². The van der Waals surface area contributed by atoms with E-state index in [4.69, 9.17) is 5.73 Å². The van der Waals surface area contributed by atoms with Crippen molar-refractivity contribution >= 4 is 59.0 Å². The zero-order valence-corrected chi connectivity index (χ0v) is 20.2. The summed E-state index contributed by atoms with van der Waals surface area (Å²) in [5.74, 6) is 0. The summed E-state index contributed by atoms with van der Waals surface area (Å²) in [6.45, 7) is 9.51. The van der Waals surface area contributed by atoms with E-state index in [1.807, 2.05) is 0 Å². The molecule has 0 saturated carbocycles. The van der Waals surface area contributed by atoms with Gasteiger partial charge in [0.2, 0.25) is 0 Å². The van der Waals surface area contributed by atoms with E-state index in [9.17, 15) is 0 Å². The second-order valence-corrected chi connectivity index (χ2v) is 3.70. The van der Waals surface area contributed by atoms with Crippen LogP contribution >= 0.6 is 59.0 Å². The molecule has 0 spiro atoms. The Balaban J connectivity index is -0.0000000449. The number of hydrogen-bond donors (Lipinski definition) is 6. The van der Waals surface area contributed by atoms with Crippen LogP contribution in [-0.4, -0.2) is 45.8 Å². The quantitative estimate of drug-likeness (QED) is 0.185. The van der Waals surface area contributed by atoms with Gasteiger partial charge in [0.25, 0.3) is 0 Å². The summed E-state index contributed by atoms with van der Waals surface area (Å²) in [6, 6.07) is 0. The zero-order chi connectivity index (χ0) is 13.2. The second kappa shape index (κ2) is 56.5. The van der Waals surface area contributed by atoms with E-state index in [0.717, 1.165) is 52.2 Å². The maximum atomic E-state index is 5.39. The molecule has 0 aromatic heterocycles. The molecule has 0 fully saturated rings. The molecule has 0 aliphatic heterocycles. The molecule has 0 atom stereocenters. The van der Waals surface area contributed by atoms with E-state index >= 15 is 0 Å². The van der Waals surface area contributed by atoms with E-state index in [1.54, 1.807) is 18.8 Å². The standard InChI is InChI=1S/C11H28N4.5ClH.2H3N.Pt/c1-2-13-8-4-9-15-11-5-10-14-7-3-6-12;;;;;;;;/h13-15H,2-12H2,1H3;5*1H;2*1H3;/q;;;;;;;;+2/p-1. The molecule has 0 aliphatic carbocycles. The van der Waals surface area contributed by atoms with Gasteiger partial charge in [-0.25, -0.2) is 0 Å². The Labute approximate surface area is 183 Å². The van der Waals surface area contributed by atoms with Gasteiger partial charge in [-0.1, -0.05) is 6.92 Å². The van der Waals surface area contributed by atoms with Crippen LogP contribution in [0.5, 0.6) is 0 Å². The van der Waals surface area contributed by atoms with Crippen molar-refractivity contribution in [1.82, 2.24) is 28.3 Å². The second-order valence-electron chi connectivity index (χ2n) is 3.70. The molecule has 0 amide bonds. The third kappa shape index (κ3) is 59.3. The van der Waals surface area contributed by atoms with Crippen LogP contribution in [0.25, 0.3) is 0 Å². The van der Waals surface area contributed by atoms with Gasteiger partial charge >= 0.3 is 28.2 Å². The van der Waals surface area contributed by atoms with Crippen molar-refractivity contribution in [3.63, 3.8) is 0 Å². The molecule has 0 radical (unpaired) electrons. The third-order valence-electron chi connectivity index (χ3n) is 2.22. The molecule has 0 rings (SSSR count). The molecule has 11 N–H and O–H groups in total. The van der Waals surface area contributed by atoms with Crippen molar-refractivity contribution in [2.45, 2.75) is 26.2 Å². The predicted molar refractivity (Wildman–Crippen MR) is 112 cm³/mol. The van der Waals surface area contributed by atoms with E-state index in [0.29, 0.717) is 0 Å². The predicted octanol–water partition coefficient (Wildman–Crippen LogP) is 2.60. The van der Waals surface area contributed by atoms with E-state index in [2.05, 4.69) is 32.3 Å². The fraction of sp³-hybridized carbons (Fsp3) is 1.00. The van der Waals surface area contributed by atoms with Crippen molar-refractivity contribution in [2.24, 2.45) is 5.73 Å². The Bertz CT molecular complexity index is 123. The summed E-state index contributed by atoms with van der Waals surface area (Å²) in [5.41, 5.74) is 5.39. The SMILES string of the molecule is CCNCCCNCCCNCCCN.Cl.Cl.Cl.Cl.N.N.[Cl][Pt+]. The van der Waals surface area contributed by atoms with Gasteiger partial charge in [-0.2, -0.15) is 0 Å². The molecule has 0 aliphatic rings. The van der Waals surface area contributed by atoms with Gasteiger partial charge in [0.05, 0.1) is 0 Å². The first-order chi connectivity index (χ1) is 8.41. The number of nitrogens with two attached hydrogens (primary N) is 1. The minimum atomic E-state index is 0. The summed E-state index contributed by atoms with van der Waals surface area (Å²) < 4.78 is 0. The Morgan fingerprint density at radius 3 is 1.30 bits per heavy atom. The van der Waals surface area contributed by atoms with Gasteiger partial charge in [0.15, 0.2) is 0 Å². The fourth-order valence-corrected chi connectivity index (χ4v) is 1.33. The third-order valence-corrected chi connectivity index (χ3v) is 2.22. The number of rotatable bonds is 12. The van der Waals surface area contributed by atoms with Crippen LogP contribution in [0.1, 0.15) is 26.2 Å². The van der Waals surface area contributed by atoms with Crippen molar-refractivity contribution in [3.05, 3.63) is 0 Å². The Morgan fingerprint density at radius 2 is 1.00 bits per heavy atom. The van der Waals surface area contributed by atoms with Crippen molar-refractivity contribution in [2.75, 3.05) is 45.8 Å². The van der Waals surface area contributed by atoms with Crippen LogP contribution in [0.4, 0.5) is 0 Å². The molecule has 0 aromatic carbocycles. The van der Waals surface area contributed by atoms with Crippen LogP contribution < -0.4 is 34.0 Å². The molecule has 12 heteroatoms. The Hall–Kier alpha value is 1.90. The molecule has 0 unspecified atom stereocenters. The van der Waals surface area contributed by atoms with Crippen molar-refractivity contribution in [3.8, 4) is 0 Å². The summed E-state index contributed by atoms with van der Waals surface area (Å²) >= 11 is 1.61. The number of hydrogen-bond acceptors (Lipinski definition) is 6. The zero-order valence-electron chi connectivity index (χ0n) is 13.9. The molecule has 156 valence electrons. The van der Waals surface area contributed by atoms with Gasteiger partial charge in [-0.15, -0.1) is 49.6 Å². The molecule has 0 heterocycles. The maximum absolute atomic E-state index is 5.39. The van der Waals surface area contributed by atoms with Crippen LogP contribution in [0.15, 0.2) is 0 Å². The Morgan fingerprint density at radius 1 is 0.696 bits per heavy atom. The summed E-state index contributed by atoms with van der Waals surface area (Å²) in [6.07, 6.45) is 3.50. The monoisotopic (exact) mass is 624 g/mol. The van der Waals surface area contributed by atoms with Gasteiger partial charge in [-0.3, -0.25) is 0 Å².